The molecular formula is C22H28N4O2. The van der Waals surface area contributed by atoms with E-state index in [1.54, 1.807) is 16.9 Å². The maximum atomic E-state index is 12.6. The van der Waals surface area contributed by atoms with Gasteiger partial charge in [0.05, 0.1) is 11.9 Å². The quantitative estimate of drug-likeness (QED) is 0.866. The van der Waals surface area contributed by atoms with Crippen molar-refractivity contribution < 1.29 is 4.79 Å². The average molecular weight is 380 g/mol. The summed E-state index contributed by atoms with van der Waals surface area (Å²) in [4.78, 5) is 27.1. The van der Waals surface area contributed by atoms with Gasteiger partial charge in [-0.2, -0.15) is 5.10 Å². The van der Waals surface area contributed by atoms with Gasteiger partial charge >= 0.3 is 0 Å². The fraction of sp³-hybridized carbons (Fsp3) is 0.500. The molecule has 2 aliphatic rings. The highest BCUT2D eigenvalue weighted by Crippen LogP contribution is 2.29. The molecule has 1 aromatic heterocycles. The summed E-state index contributed by atoms with van der Waals surface area (Å²) >= 11 is 0. The highest BCUT2D eigenvalue weighted by Gasteiger charge is 2.24. The lowest BCUT2D eigenvalue weighted by molar-refractivity contribution is 0.0930. The summed E-state index contributed by atoms with van der Waals surface area (Å²) in [6.07, 6.45) is 5.94. The number of rotatable bonds is 5. The van der Waals surface area contributed by atoms with Gasteiger partial charge in [-0.05, 0) is 57.1 Å². The number of benzene rings is 1. The molecule has 2 aromatic rings. The van der Waals surface area contributed by atoms with Gasteiger partial charge in [0, 0.05) is 37.3 Å². The Hall–Kier alpha value is -2.63. The van der Waals surface area contributed by atoms with E-state index in [9.17, 15) is 9.59 Å². The largest absolute Gasteiger partial charge is 0.370 e. The first-order valence-electron chi connectivity index (χ1n) is 10.2. The van der Waals surface area contributed by atoms with Crippen LogP contribution in [-0.2, 0) is 6.54 Å². The zero-order valence-corrected chi connectivity index (χ0v) is 16.6. The van der Waals surface area contributed by atoms with Crippen LogP contribution in [0, 0.1) is 19.8 Å². The molecule has 1 saturated heterocycles. The molecular weight excluding hydrogens is 352 g/mol. The summed E-state index contributed by atoms with van der Waals surface area (Å²) in [5, 5.41) is 7.52. The molecule has 0 unspecified atom stereocenters. The first-order valence-corrected chi connectivity index (χ1v) is 10.2. The standard InChI is InChI=1S/C22H28N4O2/c1-15-3-6-20(16(2)11-15)22(28)24-18-7-9-25(10-8-18)19-12-21(27)26(23-13-19)14-17-4-5-17/h3,6,11-13,17-18H,4-5,7-10,14H2,1-2H3,(H,24,28). The smallest absolute Gasteiger partial charge is 0.268 e. The summed E-state index contributed by atoms with van der Waals surface area (Å²) in [7, 11) is 0. The van der Waals surface area contributed by atoms with Crippen LogP contribution in [0.2, 0.25) is 0 Å². The van der Waals surface area contributed by atoms with E-state index in [-0.39, 0.29) is 17.5 Å². The first kappa shape index (κ1) is 18.7. The molecule has 1 N–H and O–H groups in total. The fourth-order valence-electron chi connectivity index (χ4n) is 3.89. The molecule has 0 atom stereocenters. The van der Waals surface area contributed by atoms with Crippen molar-refractivity contribution >= 4 is 11.6 Å². The summed E-state index contributed by atoms with van der Waals surface area (Å²) in [6, 6.07) is 7.77. The topological polar surface area (TPSA) is 67.2 Å². The lowest BCUT2D eigenvalue weighted by Crippen LogP contribution is -2.45. The maximum absolute atomic E-state index is 12.6. The van der Waals surface area contributed by atoms with Crippen LogP contribution in [0.15, 0.2) is 35.3 Å². The summed E-state index contributed by atoms with van der Waals surface area (Å²) in [5.41, 5.74) is 3.78. The van der Waals surface area contributed by atoms with Crippen molar-refractivity contribution in [1.82, 2.24) is 15.1 Å². The molecule has 2 fully saturated rings. The number of hydrogen-bond donors (Lipinski definition) is 1. The molecule has 1 aromatic carbocycles. The third-order valence-electron chi connectivity index (χ3n) is 5.81. The van der Waals surface area contributed by atoms with E-state index in [1.807, 2.05) is 32.0 Å². The van der Waals surface area contributed by atoms with Crippen LogP contribution in [0.4, 0.5) is 5.69 Å². The Labute approximate surface area is 165 Å². The Morgan fingerprint density at radius 1 is 1.14 bits per heavy atom. The Morgan fingerprint density at radius 3 is 2.54 bits per heavy atom. The number of aromatic nitrogens is 2. The Kier molecular flexibility index (Phi) is 5.20. The van der Waals surface area contributed by atoms with Gasteiger partial charge in [0.15, 0.2) is 0 Å². The third-order valence-corrected chi connectivity index (χ3v) is 5.81. The van der Waals surface area contributed by atoms with Crippen molar-refractivity contribution in [3.8, 4) is 0 Å². The molecule has 1 aliphatic carbocycles. The molecule has 1 aliphatic heterocycles. The van der Waals surface area contributed by atoms with Gasteiger partial charge in [-0.3, -0.25) is 9.59 Å². The van der Waals surface area contributed by atoms with E-state index >= 15 is 0 Å². The van der Waals surface area contributed by atoms with Crippen molar-refractivity contribution in [2.24, 2.45) is 5.92 Å². The van der Waals surface area contributed by atoms with Crippen LogP contribution in [0.25, 0.3) is 0 Å². The maximum Gasteiger partial charge on any atom is 0.268 e. The Balaban J connectivity index is 1.33. The molecule has 2 heterocycles. The van der Waals surface area contributed by atoms with E-state index in [1.165, 1.54) is 12.8 Å². The predicted octanol–water partition coefficient (Wildman–Crippen LogP) is 2.67. The molecule has 0 spiro atoms. The van der Waals surface area contributed by atoms with E-state index < -0.39 is 0 Å². The van der Waals surface area contributed by atoms with Crippen LogP contribution in [0.5, 0.6) is 0 Å². The van der Waals surface area contributed by atoms with Gasteiger partial charge in [0.1, 0.15) is 0 Å². The normalized spacial score (nSPS) is 17.6. The number of amides is 1. The number of hydrogen-bond acceptors (Lipinski definition) is 4. The minimum absolute atomic E-state index is 0.000269. The number of piperidine rings is 1. The van der Waals surface area contributed by atoms with Gasteiger partial charge < -0.3 is 10.2 Å². The van der Waals surface area contributed by atoms with Crippen molar-refractivity contribution in [1.29, 1.82) is 0 Å². The average Bonchev–Trinajstić information content (AvgIpc) is 3.48. The summed E-state index contributed by atoms with van der Waals surface area (Å²) in [5.74, 6) is 0.632. The summed E-state index contributed by atoms with van der Waals surface area (Å²) < 4.78 is 1.58. The van der Waals surface area contributed by atoms with Crippen LogP contribution in [0.1, 0.15) is 47.2 Å². The fourth-order valence-corrected chi connectivity index (χ4v) is 3.89. The number of nitrogens with one attached hydrogen (secondary N) is 1. The molecule has 0 radical (unpaired) electrons. The number of carbonyl (C=O) groups is 1. The third kappa shape index (κ3) is 4.26. The van der Waals surface area contributed by atoms with Crippen LogP contribution in [-0.4, -0.2) is 34.8 Å². The van der Waals surface area contributed by atoms with Gasteiger partial charge in [-0.15, -0.1) is 0 Å². The molecule has 6 nitrogen and oxygen atoms in total. The number of anilines is 1. The van der Waals surface area contributed by atoms with Crippen LogP contribution in [0.3, 0.4) is 0 Å². The molecule has 28 heavy (non-hydrogen) atoms. The molecule has 6 heteroatoms. The molecule has 0 bridgehead atoms. The van der Waals surface area contributed by atoms with Crippen molar-refractivity contribution in [3.63, 3.8) is 0 Å². The number of carbonyl (C=O) groups excluding carboxylic acids is 1. The molecule has 148 valence electrons. The zero-order chi connectivity index (χ0) is 19.7. The molecule has 1 saturated carbocycles. The van der Waals surface area contributed by atoms with E-state index in [0.717, 1.165) is 54.9 Å². The summed E-state index contributed by atoms with van der Waals surface area (Å²) in [6.45, 7) is 6.37. The van der Waals surface area contributed by atoms with Gasteiger partial charge in [-0.1, -0.05) is 17.7 Å². The van der Waals surface area contributed by atoms with Crippen molar-refractivity contribution in [2.45, 2.75) is 52.1 Å². The predicted molar refractivity (Wildman–Crippen MR) is 110 cm³/mol. The minimum atomic E-state index is -0.0188. The van der Waals surface area contributed by atoms with Crippen molar-refractivity contribution in [3.05, 3.63) is 57.5 Å². The lowest BCUT2D eigenvalue weighted by atomic mass is 10.0. The van der Waals surface area contributed by atoms with Gasteiger partial charge in [-0.25, -0.2) is 4.68 Å². The van der Waals surface area contributed by atoms with E-state index in [4.69, 9.17) is 0 Å². The second-order valence-corrected chi connectivity index (χ2v) is 8.23. The minimum Gasteiger partial charge on any atom is -0.370 e. The second-order valence-electron chi connectivity index (χ2n) is 8.23. The number of nitrogens with zero attached hydrogens (tertiary/aromatic N) is 3. The van der Waals surface area contributed by atoms with Crippen molar-refractivity contribution in [2.75, 3.05) is 18.0 Å². The molecule has 4 rings (SSSR count). The van der Waals surface area contributed by atoms with Gasteiger partial charge in [0.2, 0.25) is 0 Å². The first-order chi connectivity index (χ1) is 13.5. The van der Waals surface area contributed by atoms with E-state index in [2.05, 4.69) is 15.3 Å². The Morgan fingerprint density at radius 2 is 1.89 bits per heavy atom. The Bertz CT molecular complexity index is 924. The monoisotopic (exact) mass is 380 g/mol. The van der Waals surface area contributed by atoms with Crippen LogP contribution < -0.4 is 15.8 Å². The van der Waals surface area contributed by atoms with Crippen LogP contribution >= 0.6 is 0 Å². The van der Waals surface area contributed by atoms with E-state index in [0.29, 0.717) is 5.92 Å². The highest BCUT2D eigenvalue weighted by atomic mass is 16.1. The van der Waals surface area contributed by atoms with Gasteiger partial charge in [0.25, 0.3) is 11.5 Å². The highest BCUT2D eigenvalue weighted by molar-refractivity contribution is 5.95. The number of aryl methyl sites for hydroxylation is 2. The molecule has 1 amide bonds. The zero-order valence-electron chi connectivity index (χ0n) is 16.6. The SMILES string of the molecule is Cc1ccc(C(=O)NC2CCN(c3cnn(CC4CC4)c(=O)c3)CC2)c(C)c1. The second kappa shape index (κ2) is 7.78. The lowest BCUT2D eigenvalue weighted by Gasteiger charge is -2.33.